The van der Waals surface area contributed by atoms with Crippen molar-refractivity contribution in [2.24, 2.45) is 22.2 Å². The van der Waals surface area contributed by atoms with E-state index < -0.39 is 11.3 Å². The maximum atomic E-state index is 12.3. The number of likely N-dealkylation sites (tertiary alicyclic amines) is 1. The third-order valence-electron chi connectivity index (χ3n) is 3.81. The van der Waals surface area contributed by atoms with Crippen molar-refractivity contribution in [2.75, 3.05) is 6.54 Å². The topological polar surface area (TPSA) is 114 Å². The van der Waals surface area contributed by atoms with Crippen LogP contribution in [0, 0.1) is 5.41 Å². The lowest BCUT2D eigenvalue weighted by Gasteiger charge is -2.28. The predicted molar refractivity (Wildman–Crippen MR) is 84.1 cm³/mol. The van der Waals surface area contributed by atoms with E-state index in [4.69, 9.17) is 11.7 Å². The van der Waals surface area contributed by atoms with E-state index in [0.29, 0.717) is 25.2 Å². The molecule has 0 saturated carbocycles. The summed E-state index contributed by atoms with van der Waals surface area (Å²) in [6, 6.07) is -0.334. The minimum Gasteiger partial charge on any atom is -0.326 e. The number of ketones is 1. The van der Waals surface area contributed by atoms with Crippen LogP contribution in [0.4, 0.5) is 0 Å². The molecule has 7 heteroatoms. The van der Waals surface area contributed by atoms with E-state index in [1.165, 1.54) is 4.90 Å². The number of nitrogens with zero attached hydrogens (tertiary/aromatic N) is 2. The Morgan fingerprint density at radius 2 is 1.95 bits per heavy atom. The van der Waals surface area contributed by atoms with Crippen LogP contribution in [0.1, 0.15) is 53.9 Å². The van der Waals surface area contributed by atoms with Crippen LogP contribution in [0.5, 0.6) is 0 Å². The monoisotopic (exact) mass is 299 g/mol. The highest BCUT2D eigenvalue weighted by atomic mass is 16.2. The SMILES string of the molecule is CC.CCC(C)(C)C(=O)C(=O)N1CCCC1/C(=N/N)NN. The van der Waals surface area contributed by atoms with Gasteiger partial charge in [0, 0.05) is 12.0 Å². The van der Waals surface area contributed by atoms with E-state index >= 15 is 0 Å². The molecule has 0 aromatic rings. The molecule has 122 valence electrons. The van der Waals surface area contributed by atoms with Gasteiger partial charge in [0.2, 0.25) is 5.78 Å². The molecule has 7 nitrogen and oxygen atoms in total. The Morgan fingerprint density at radius 3 is 2.38 bits per heavy atom. The van der Waals surface area contributed by atoms with Gasteiger partial charge in [-0.2, -0.15) is 5.10 Å². The maximum absolute atomic E-state index is 12.3. The number of nitrogens with two attached hydrogens (primary N) is 2. The molecule has 0 radical (unpaired) electrons. The number of carbonyl (C=O) groups excluding carboxylic acids is 2. The fourth-order valence-corrected chi connectivity index (χ4v) is 2.09. The first-order chi connectivity index (χ1) is 9.88. The standard InChI is InChI=1S/C12H23N5O2.C2H6/c1-4-12(2,3)9(18)11(19)17-7-5-6-8(17)10(15-13)16-14;1-2/h8H,4-7,13-14H2,1-3H3,(H,15,16);1-2H3. The zero-order chi connectivity index (χ0) is 16.6. The highest BCUT2D eigenvalue weighted by Gasteiger charge is 2.40. The summed E-state index contributed by atoms with van der Waals surface area (Å²) in [5, 5.41) is 3.54. The molecule has 1 aliphatic rings. The van der Waals surface area contributed by atoms with Crippen LogP contribution >= 0.6 is 0 Å². The second-order valence-corrected chi connectivity index (χ2v) is 5.38. The van der Waals surface area contributed by atoms with Gasteiger partial charge in [0.05, 0.1) is 6.04 Å². The summed E-state index contributed by atoms with van der Waals surface area (Å²) in [5.41, 5.74) is 1.74. The first-order valence-electron chi connectivity index (χ1n) is 7.48. The molecular weight excluding hydrogens is 270 g/mol. The van der Waals surface area contributed by atoms with Crippen molar-refractivity contribution in [3.05, 3.63) is 0 Å². The number of amides is 1. The average molecular weight is 299 g/mol. The number of hydrazine groups is 1. The molecule has 1 fully saturated rings. The van der Waals surface area contributed by atoms with Gasteiger partial charge >= 0.3 is 0 Å². The third-order valence-corrected chi connectivity index (χ3v) is 3.81. The summed E-state index contributed by atoms with van der Waals surface area (Å²) < 4.78 is 0. The van der Waals surface area contributed by atoms with Crippen molar-refractivity contribution >= 4 is 17.5 Å². The van der Waals surface area contributed by atoms with Crippen molar-refractivity contribution in [2.45, 2.75) is 59.9 Å². The lowest BCUT2D eigenvalue weighted by atomic mass is 9.84. The molecule has 1 amide bonds. The van der Waals surface area contributed by atoms with Crippen molar-refractivity contribution in [1.29, 1.82) is 0 Å². The Labute approximate surface area is 127 Å². The number of carbonyl (C=O) groups is 2. The van der Waals surface area contributed by atoms with Crippen LogP contribution < -0.4 is 17.1 Å². The Balaban J connectivity index is 0.00000191. The molecule has 1 rings (SSSR count). The molecule has 0 aliphatic carbocycles. The Kier molecular flexibility index (Phi) is 7.94. The second kappa shape index (κ2) is 8.61. The molecule has 5 N–H and O–H groups in total. The van der Waals surface area contributed by atoms with E-state index in [9.17, 15) is 9.59 Å². The van der Waals surface area contributed by atoms with E-state index in [1.54, 1.807) is 13.8 Å². The summed E-state index contributed by atoms with van der Waals surface area (Å²) in [6.07, 6.45) is 2.12. The Bertz CT molecular complexity index is 393. The van der Waals surface area contributed by atoms with Gasteiger partial charge in [-0.3, -0.25) is 9.59 Å². The van der Waals surface area contributed by atoms with Gasteiger partial charge < -0.3 is 16.2 Å². The van der Waals surface area contributed by atoms with Crippen molar-refractivity contribution in [1.82, 2.24) is 10.3 Å². The molecular formula is C14H29N5O2. The molecule has 1 heterocycles. The van der Waals surface area contributed by atoms with Crippen LogP contribution in [0.15, 0.2) is 5.10 Å². The van der Waals surface area contributed by atoms with Crippen LogP contribution in [-0.4, -0.2) is 35.0 Å². The number of hydrazone groups is 1. The molecule has 21 heavy (non-hydrogen) atoms. The van der Waals surface area contributed by atoms with Gasteiger partial charge in [0.25, 0.3) is 5.91 Å². The Morgan fingerprint density at radius 1 is 1.38 bits per heavy atom. The highest BCUT2D eigenvalue weighted by molar-refractivity contribution is 6.38. The molecule has 1 unspecified atom stereocenters. The third kappa shape index (κ3) is 4.42. The summed E-state index contributed by atoms with van der Waals surface area (Å²) >= 11 is 0. The van der Waals surface area contributed by atoms with E-state index in [2.05, 4.69) is 10.5 Å². The van der Waals surface area contributed by atoms with Gasteiger partial charge in [-0.05, 0) is 19.3 Å². The fourth-order valence-electron chi connectivity index (χ4n) is 2.09. The number of nitrogens with one attached hydrogen (secondary N) is 1. The minimum atomic E-state index is -0.652. The molecule has 0 aromatic carbocycles. The minimum absolute atomic E-state index is 0.327. The number of Topliss-reactive ketones (excluding diaryl/α,β-unsaturated/α-hetero) is 1. The number of amidine groups is 1. The quantitative estimate of drug-likeness (QED) is 0.233. The molecule has 1 saturated heterocycles. The molecule has 1 atom stereocenters. The van der Waals surface area contributed by atoms with Crippen LogP contribution in [0.25, 0.3) is 0 Å². The normalized spacial score (nSPS) is 18.9. The number of hydrogen-bond donors (Lipinski definition) is 3. The Hall–Kier alpha value is -1.63. The zero-order valence-corrected chi connectivity index (χ0v) is 13.8. The zero-order valence-electron chi connectivity index (χ0n) is 13.8. The summed E-state index contributed by atoms with van der Waals surface area (Å²) in [6.45, 7) is 9.96. The highest BCUT2D eigenvalue weighted by Crippen LogP contribution is 2.25. The van der Waals surface area contributed by atoms with Gasteiger partial charge in [-0.25, -0.2) is 5.84 Å². The number of rotatable bonds is 4. The van der Waals surface area contributed by atoms with Gasteiger partial charge in [-0.1, -0.05) is 34.6 Å². The fraction of sp³-hybridized carbons (Fsp3) is 0.786. The van der Waals surface area contributed by atoms with Crippen molar-refractivity contribution in [3.8, 4) is 0 Å². The largest absolute Gasteiger partial charge is 0.326 e. The first-order valence-corrected chi connectivity index (χ1v) is 7.48. The lowest BCUT2D eigenvalue weighted by molar-refractivity contribution is -0.149. The van der Waals surface area contributed by atoms with E-state index in [-0.39, 0.29) is 11.8 Å². The summed E-state index contributed by atoms with van der Waals surface area (Å²) in [5.74, 6) is 10.0. The van der Waals surface area contributed by atoms with E-state index in [0.717, 1.165) is 6.42 Å². The number of hydrogen-bond acceptors (Lipinski definition) is 5. The lowest BCUT2D eigenvalue weighted by Crippen LogP contribution is -2.52. The van der Waals surface area contributed by atoms with Crippen LogP contribution in [0.3, 0.4) is 0 Å². The maximum Gasteiger partial charge on any atom is 0.291 e. The van der Waals surface area contributed by atoms with Gasteiger partial charge in [0.1, 0.15) is 0 Å². The van der Waals surface area contributed by atoms with Crippen LogP contribution in [0.2, 0.25) is 0 Å². The van der Waals surface area contributed by atoms with Crippen LogP contribution in [-0.2, 0) is 9.59 Å². The summed E-state index contributed by atoms with van der Waals surface area (Å²) in [4.78, 5) is 26.0. The van der Waals surface area contributed by atoms with Crippen molar-refractivity contribution in [3.63, 3.8) is 0 Å². The van der Waals surface area contributed by atoms with Crippen molar-refractivity contribution < 1.29 is 9.59 Å². The average Bonchev–Trinajstić information content (AvgIpc) is 2.98. The predicted octanol–water partition coefficient (Wildman–Crippen LogP) is 0.744. The molecule has 0 aromatic heterocycles. The molecule has 0 spiro atoms. The van der Waals surface area contributed by atoms with Gasteiger partial charge in [0.15, 0.2) is 5.84 Å². The second-order valence-electron chi connectivity index (χ2n) is 5.38. The molecule has 0 bridgehead atoms. The smallest absolute Gasteiger partial charge is 0.291 e. The first kappa shape index (κ1) is 19.4. The molecule has 1 aliphatic heterocycles. The van der Waals surface area contributed by atoms with Gasteiger partial charge in [-0.15, -0.1) is 0 Å². The van der Waals surface area contributed by atoms with E-state index in [1.807, 2.05) is 20.8 Å². The summed E-state index contributed by atoms with van der Waals surface area (Å²) in [7, 11) is 0.